The Bertz CT molecular complexity index is 344. The Labute approximate surface area is 93.9 Å². The molecular weight excluding hydrogens is 217 g/mol. The van der Waals surface area contributed by atoms with Crippen molar-refractivity contribution in [2.24, 2.45) is 5.73 Å². The van der Waals surface area contributed by atoms with Gasteiger partial charge in [0.15, 0.2) is 0 Å². The molecule has 1 aromatic carbocycles. The van der Waals surface area contributed by atoms with Crippen LogP contribution in [0.4, 0.5) is 4.39 Å². The van der Waals surface area contributed by atoms with E-state index in [4.69, 9.17) is 22.4 Å². The first kappa shape index (κ1) is 12.4. The van der Waals surface area contributed by atoms with Crippen molar-refractivity contribution in [3.05, 3.63) is 34.1 Å². The van der Waals surface area contributed by atoms with Gasteiger partial charge in [-0.3, -0.25) is 0 Å². The Morgan fingerprint density at radius 3 is 2.80 bits per heavy atom. The van der Waals surface area contributed by atoms with Gasteiger partial charge in [-0.1, -0.05) is 17.7 Å². The maximum Gasteiger partial charge on any atom is 0.129 e. The molecule has 4 heteroatoms. The zero-order valence-electron chi connectivity index (χ0n) is 8.63. The van der Waals surface area contributed by atoms with Crippen LogP contribution in [-0.2, 0) is 0 Å². The summed E-state index contributed by atoms with van der Waals surface area (Å²) in [5.41, 5.74) is 6.98. The second-order valence-electron chi connectivity index (χ2n) is 3.56. The summed E-state index contributed by atoms with van der Waals surface area (Å²) in [4.78, 5) is 0. The van der Waals surface area contributed by atoms with Gasteiger partial charge in [0.25, 0.3) is 0 Å². The standard InChI is InChI=1S/C11H15ClFNO/c1-7-4-5-8(13)10(11(7)12)9(14)3-2-6-15/h4-5,9,15H,2-3,6,14H2,1H3/t9-/m1/s1. The van der Waals surface area contributed by atoms with Gasteiger partial charge in [0.05, 0.1) is 5.02 Å². The molecule has 2 nitrogen and oxygen atoms in total. The first-order valence-corrected chi connectivity index (χ1v) is 5.26. The summed E-state index contributed by atoms with van der Waals surface area (Å²) in [6, 6.07) is 2.54. The van der Waals surface area contributed by atoms with Crippen LogP contribution in [0.1, 0.15) is 30.0 Å². The van der Waals surface area contributed by atoms with E-state index in [0.29, 0.717) is 23.4 Å². The molecule has 0 saturated carbocycles. The first-order valence-electron chi connectivity index (χ1n) is 4.89. The molecule has 0 amide bonds. The van der Waals surface area contributed by atoms with Crippen molar-refractivity contribution >= 4 is 11.6 Å². The van der Waals surface area contributed by atoms with Crippen molar-refractivity contribution in [1.29, 1.82) is 0 Å². The van der Waals surface area contributed by atoms with E-state index in [1.54, 1.807) is 6.07 Å². The van der Waals surface area contributed by atoms with Crippen molar-refractivity contribution in [2.45, 2.75) is 25.8 Å². The van der Waals surface area contributed by atoms with Crippen molar-refractivity contribution in [3.63, 3.8) is 0 Å². The number of benzene rings is 1. The smallest absolute Gasteiger partial charge is 0.129 e. The van der Waals surface area contributed by atoms with E-state index in [1.807, 2.05) is 6.92 Å². The van der Waals surface area contributed by atoms with E-state index in [9.17, 15) is 4.39 Å². The monoisotopic (exact) mass is 231 g/mol. The lowest BCUT2D eigenvalue weighted by Gasteiger charge is -2.15. The summed E-state index contributed by atoms with van der Waals surface area (Å²) in [7, 11) is 0. The third-order valence-corrected chi connectivity index (χ3v) is 2.87. The van der Waals surface area contributed by atoms with Gasteiger partial charge in [0, 0.05) is 18.2 Å². The molecule has 0 aliphatic carbocycles. The number of aliphatic hydroxyl groups is 1. The highest BCUT2D eigenvalue weighted by Crippen LogP contribution is 2.29. The van der Waals surface area contributed by atoms with Gasteiger partial charge >= 0.3 is 0 Å². The summed E-state index contributed by atoms with van der Waals surface area (Å²) >= 11 is 5.99. The van der Waals surface area contributed by atoms with Crippen LogP contribution >= 0.6 is 11.6 Å². The minimum atomic E-state index is -0.454. The summed E-state index contributed by atoms with van der Waals surface area (Å²) in [6.07, 6.45) is 1.07. The summed E-state index contributed by atoms with van der Waals surface area (Å²) in [5.74, 6) is -0.379. The van der Waals surface area contributed by atoms with Crippen LogP contribution in [0.25, 0.3) is 0 Å². The number of hydrogen-bond acceptors (Lipinski definition) is 2. The zero-order chi connectivity index (χ0) is 11.4. The van der Waals surface area contributed by atoms with Crippen LogP contribution in [0.15, 0.2) is 12.1 Å². The van der Waals surface area contributed by atoms with Gasteiger partial charge in [-0.2, -0.15) is 0 Å². The summed E-state index contributed by atoms with van der Waals surface area (Å²) < 4.78 is 13.5. The molecule has 0 fully saturated rings. The molecule has 1 rings (SSSR count). The van der Waals surface area contributed by atoms with Crippen molar-refractivity contribution < 1.29 is 9.50 Å². The average molecular weight is 232 g/mol. The topological polar surface area (TPSA) is 46.2 Å². The molecule has 3 N–H and O–H groups in total. The molecule has 0 saturated heterocycles. The number of hydrogen-bond donors (Lipinski definition) is 2. The fraction of sp³-hybridized carbons (Fsp3) is 0.455. The van der Waals surface area contributed by atoms with Crippen LogP contribution in [0.3, 0.4) is 0 Å². The predicted molar refractivity (Wildman–Crippen MR) is 59.4 cm³/mol. The summed E-state index contributed by atoms with van der Waals surface area (Å²) in [6.45, 7) is 1.86. The molecule has 0 heterocycles. The molecule has 1 aromatic rings. The van der Waals surface area contributed by atoms with E-state index in [0.717, 1.165) is 5.56 Å². The van der Waals surface area contributed by atoms with Gasteiger partial charge in [-0.15, -0.1) is 0 Å². The lowest BCUT2D eigenvalue weighted by Crippen LogP contribution is -2.13. The normalized spacial score (nSPS) is 12.9. The number of rotatable bonds is 4. The van der Waals surface area contributed by atoms with Crippen molar-refractivity contribution in [2.75, 3.05) is 6.61 Å². The van der Waals surface area contributed by atoms with Crippen LogP contribution in [-0.4, -0.2) is 11.7 Å². The second-order valence-corrected chi connectivity index (χ2v) is 3.94. The molecule has 0 aromatic heterocycles. The quantitative estimate of drug-likeness (QED) is 0.837. The van der Waals surface area contributed by atoms with E-state index in [2.05, 4.69) is 0 Å². The third kappa shape index (κ3) is 2.91. The molecular formula is C11H15ClFNO. The maximum atomic E-state index is 13.5. The van der Waals surface area contributed by atoms with Crippen LogP contribution in [0, 0.1) is 12.7 Å². The third-order valence-electron chi connectivity index (χ3n) is 2.36. The predicted octanol–water partition coefficient (Wildman–Crippen LogP) is 2.56. The van der Waals surface area contributed by atoms with Crippen molar-refractivity contribution in [1.82, 2.24) is 0 Å². The Kier molecular flexibility index (Phi) is 4.51. The summed E-state index contributed by atoms with van der Waals surface area (Å²) in [5, 5.41) is 9.06. The van der Waals surface area contributed by atoms with Gasteiger partial charge < -0.3 is 10.8 Å². The average Bonchev–Trinajstić information content (AvgIpc) is 2.21. The van der Waals surface area contributed by atoms with Gasteiger partial charge in [-0.05, 0) is 31.4 Å². The first-order chi connectivity index (χ1) is 7.07. The fourth-order valence-electron chi connectivity index (χ4n) is 1.47. The number of aryl methyl sites for hydroxylation is 1. The fourth-order valence-corrected chi connectivity index (χ4v) is 1.77. The highest BCUT2D eigenvalue weighted by Gasteiger charge is 2.16. The second kappa shape index (κ2) is 5.45. The van der Waals surface area contributed by atoms with E-state index in [-0.39, 0.29) is 12.4 Å². The largest absolute Gasteiger partial charge is 0.396 e. The molecule has 0 unspecified atom stereocenters. The minimum Gasteiger partial charge on any atom is -0.396 e. The van der Waals surface area contributed by atoms with E-state index < -0.39 is 6.04 Å². The highest BCUT2D eigenvalue weighted by molar-refractivity contribution is 6.32. The van der Waals surface area contributed by atoms with E-state index in [1.165, 1.54) is 6.07 Å². The Hall–Kier alpha value is -0.640. The van der Waals surface area contributed by atoms with Gasteiger partial charge in [0.1, 0.15) is 5.82 Å². The SMILES string of the molecule is Cc1ccc(F)c([C@H](N)CCCO)c1Cl. The van der Waals surface area contributed by atoms with Gasteiger partial charge in [-0.25, -0.2) is 4.39 Å². The molecule has 1 atom stereocenters. The zero-order valence-corrected chi connectivity index (χ0v) is 9.39. The molecule has 0 spiro atoms. The molecule has 15 heavy (non-hydrogen) atoms. The molecule has 0 radical (unpaired) electrons. The molecule has 0 aliphatic rings. The van der Waals surface area contributed by atoms with Crippen LogP contribution in [0.5, 0.6) is 0 Å². The number of halogens is 2. The molecule has 0 bridgehead atoms. The Morgan fingerprint density at radius 1 is 1.53 bits per heavy atom. The van der Waals surface area contributed by atoms with Crippen LogP contribution < -0.4 is 5.73 Å². The lowest BCUT2D eigenvalue weighted by atomic mass is 10.0. The van der Waals surface area contributed by atoms with Gasteiger partial charge in [0.2, 0.25) is 0 Å². The molecule has 84 valence electrons. The maximum absolute atomic E-state index is 13.5. The minimum absolute atomic E-state index is 0.0543. The van der Waals surface area contributed by atoms with Crippen molar-refractivity contribution in [3.8, 4) is 0 Å². The Morgan fingerprint density at radius 2 is 2.20 bits per heavy atom. The van der Waals surface area contributed by atoms with E-state index >= 15 is 0 Å². The Balaban J connectivity index is 2.96. The number of aliphatic hydroxyl groups excluding tert-OH is 1. The van der Waals surface area contributed by atoms with Crippen LogP contribution in [0.2, 0.25) is 5.02 Å². The lowest BCUT2D eigenvalue weighted by molar-refractivity contribution is 0.279. The molecule has 0 aliphatic heterocycles. The number of nitrogens with two attached hydrogens (primary N) is 1. The highest BCUT2D eigenvalue weighted by atomic mass is 35.5.